The van der Waals surface area contributed by atoms with Crippen LogP contribution in [-0.2, 0) is 6.42 Å². The number of unbranched alkanes of at least 4 members (excludes halogenated alkanes) is 1. The maximum Gasteiger partial charge on any atom is 0.138 e. The quantitative estimate of drug-likeness (QED) is 0.335. The minimum absolute atomic E-state index is 0.315. The van der Waals surface area contributed by atoms with Crippen molar-refractivity contribution in [3.8, 4) is 22.3 Å². The van der Waals surface area contributed by atoms with E-state index in [0.717, 1.165) is 22.9 Å². The molecule has 4 aromatic carbocycles. The van der Waals surface area contributed by atoms with Crippen molar-refractivity contribution in [3.05, 3.63) is 96.1 Å². The summed E-state index contributed by atoms with van der Waals surface area (Å²) >= 11 is 0. The van der Waals surface area contributed by atoms with Crippen LogP contribution in [0.2, 0.25) is 0 Å². The van der Waals surface area contributed by atoms with Crippen molar-refractivity contribution in [3.63, 3.8) is 0 Å². The number of rotatable bonds is 5. The van der Waals surface area contributed by atoms with E-state index in [0.29, 0.717) is 16.5 Å². The van der Waals surface area contributed by atoms with Crippen molar-refractivity contribution in [2.75, 3.05) is 0 Å². The lowest BCUT2D eigenvalue weighted by atomic mass is 9.96. The molecule has 0 nitrogen and oxygen atoms in total. The fourth-order valence-corrected chi connectivity index (χ4v) is 3.60. The Bertz CT molecular complexity index is 1110. The lowest BCUT2D eigenvalue weighted by Gasteiger charge is -2.10. The second kappa shape index (κ2) is 7.93. The third kappa shape index (κ3) is 3.68. The normalized spacial score (nSPS) is 11.1. The second-order valence-electron chi connectivity index (χ2n) is 7.17. The van der Waals surface area contributed by atoms with Crippen molar-refractivity contribution in [2.24, 2.45) is 0 Å². The molecule has 0 aliphatic heterocycles. The summed E-state index contributed by atoms with van der Waals surface area (Å²) in [7, 11) is 0. The maximum absolute atomic E-state index is 15.1. The number of halogens is 2. The van der Waals surface area contributed by atoms with Crippen molar-refractivity contribution in [1.82, 2.24) is 0 Å². The molecule has 4 rings (SSSR count). The summed E-state index contributed by atoms with van der Waals surface area (Å²) in [6, 6.07) is 24.0. The van der Waals surface area contributed by atoms with Gasteiger partial charge in [0.25, 0.3) is 0 Å². The molecule has 0 N–H and O–H groups in total. The van der Waals surface area contributed by atoms with Gasteiger partial charge < -0.3 is 0 Å². The average molecular weight is 372 g/mol. The lowest BCUT2D eigenvalue weighted by Crippen LogP contribution is -1.89. The zero-order valence-electron chi connectivity index (χ0n) is 15.9. The molecule has 0 radical (unpaired) electrons. The van der Waals surface area contributed by atoms with Gasteiger partial charge in [0.05, 0.1) is 0 Å². The average Bonchev–Trinajstić information content (AvgIpc) is 2.72. The van der Waals surface area contributed by atoms with Gasteiger partial charge in [-0.2, -0.15) is 0 Å². The highest BCUT2D eigenvalue weighted by atomic mass is 19.1. The van der Waals surface area contributed by atoms with Crippen LogP contribution >= 0.6 is 0 Å². The van der Waals surface area contributed by atoms with Gasteiger partial charge in [-0.15, -0.1) is 0 Å². The van der Waals surface area contributed by atoms with Crippen molar-refractivity contribution in [2.45, 2.75) is 26.2 Å². The largest absolute Gasteiger partial charge is 0.207 e. The number of hydrogen-bond donors (Lipinski definition) is 0. The summed E-state index contributed by atoms with van der Waals surface area (Å²) < 4.78 is 28.6. The fourth-order valence-electron chi connectivity index (χ4n) is 3.60. The number of hydrogen-bond acceptors (Lipinski definition) is 0. The van der Waals surface area contributed by atoms with Crippen LogP contribution in [0.15, 0.2) is 78.9 Å². The molecular formula is C26H22F2. The SMILES string of the molecule is CCCCc1ccc(-c2ccc3c(F)c(-c4cccc(F)c4)ccc3c2)cc1. The molecule has 0 bridgehead atoms. The van der Waals surface area contributed by atoms with Crippen LogP contribution in [0.25, 0.3) is 33.0 Å². The van der Waals surface area contributed by atoms with Crippen LogP contribution in [0.3, 0.4) is 0 Å². The Morgan fingerprint density at radius 3 is 2.25 bits per heavy atom. The Labute approximate surface area is 164 Å². The van der Waals surface area contributed by atoms with Crippen LogP contribution in [0, 0.1) is 11.6 Å². The third-order valence-electron chi connectivity index (χ3n) is 5.20. The van der Waals surface area contributed by atoms with E-state index in [1.807, 2.05) is 24.3 Å². The van der Waals surface area contributed by atoms with E-state index in [2.05, 4.69) is 31.2 Å². The predicted octanol–water partition coefficient (Wildman–Crippen LogP) is 7.79. The lowest BCUT2D eigenvalue weighted by molar-refractivity contribution is 0.627. The van der Waals surface area contributed by atoms with Gasteiger partial charge in [0.2, 0.25) is 0 Å². The summed E-state index contributed by atoms with van der Waals surface area (Å²) in [6.45, 7) is 2.20. The monoisotopic (exact) mass is 372 g/mol. The van der Waals surface area contributed by atoms with Crippen molar-refractivity contribution >= 4 is 10.8 Å². The minimum atomic E-state index is -0.366. The van der Waals surface area contributed by atoms with E-state index in [9.17, 15) is 4.39 Å². The van der Waals surface area contributed by atoms with Gasteiger partial charge in [0.15, 0.2) is 0 Å². The molecule has 0 saturated heterocycles. The van der Waals surface area contributed by atoms with E-state index in [1.54, 1.807) is 18.2 Å². The van der Waals surface area contributed by atoms with Gasteiger partial charge >= 0.3 is 0 Å². The van der Waals surface area contributed by atoms with Gasteiger partial charge in [-0.3, -0.25) is 0 Å². The van der Waals surface area contributed by atoms with Gasteiger partial charge in [-0.1, -0.05) is 74.0 Å². The molecule has 0 atom stereocenters. The molecule has 0 spiro atoms. The summed E-state index contributed by atoms with van der Waals surface area (Å²) in [5.74, 6) is -0.681. The van der Waals surface area contributed by atoms with E-state index >= 15 is 4.39 Å². The first-order valence-corrected chi connectivity index (χ1v) is 9.73. The zero-order chi connectivity index (χ0) is 19.5. The number of aryl methyl sites for hydroxylation is 1. The van der Waals surface area contributed by atoms with Crippen molar-refractivity contribution in [1.29, 1.82) is 0 Å². The first-order valence-electron chi connectivity index (χ1n) is 9.73. The smallest absolute Gasteiger partial charge is 0.138 e. The summed E-state index contributed by atoms with van der Waals surface area (Å²) in [6.07, 6.45) is 3.49. The fraction of sp³-hybridized carbons (Fsp3) is 0.154. The molecule has 4 aromatic rings. The molecular weight excluding hydrogens is 350 g/mol. The first-order chi connectivity index (χ1) is 13.7. The second-order valence-corrected chi connectivity index (χ2v) is 7.17. The standard InChI is InChI=1S/C26H22F2/c1-2-3-5-18-8-10-19(11-9-18)20-12-14-25-22(16-20)13-15-24(26(25)28)21-6-4-7-23(27)17-21/h4,6-17H,2-3,5H2,1H3. The van der Waals surface area contributed by atoms with Crippen molar-refractivity contribution < 1.29 is 8.78 Å². The first kappa shape index (κ1) is 18.4. The predicted molar refractivity (Wildman–Crippen MR) is 113 cm³/mol. The molecule has 0 amide bonds. The molecule has 0 unspecified atom stereocenters. The Kier molecular flexibility index (Phi) is 5.21. The topological polar surface area (TPSA) is 0 Å². The van der Waals surface area contributed by atoms with Gasteiger partial charge in [0.1, 0.15) is 11.6 Å². The molecule has 140 valence electrons. The highest BCUT2D eigenvalue weighted by Crippen LogP contribution is 2.32. The third-order valence-corrected chi connectivity index (χ3v) is 5.20. The molecule has 0 aliphatic carbocycles. The van der Waals surface area contributed by atoms with E-state index in [-0.39, 0.29) is 11.6 Å². The zero-order valence-corrected chi connectivity index (χ0v) is 15.9. The van der Waals surface area contributed by atoms with E-state index in [4.69, 9.17) is 0 Å². The number of fused-ring (bicyclic) bond motifs is 1. The summed E-state index contributed by atoms with van der Waals surface area (Å²) in [5, 5.41) is 1.38. The molecule has 28 heavy (non-hydrogen) atoms. The van der Waals surface area contributed by atoms with Crippen LogP contribution in [0.4, 0.5) is 8.78 Å². The van der Waals surface area contributed by atoms with Gasteiger partial charge in [-0.05, 0) is 58.7 Å². The molecule has 0 saturated carbocycles. The highest BCUT2D eigenvalue weighted by Gasteiger charge is 2.11. The highest BCUT2D eigenvalue weighted by molar-refractivity contribution is 5.91. The number of benzene rings is 4. The molecule has 0 fully saturated rings. The molecule has 0 aromatic heterocycles. The van der Waals surface area contributed by atoms with E-state index in [1.165, 1.54) is 30.5 Å². The van der Waals surface area contributed by atoms with Crippen LogP contribution in [0.5, 0.6) is 0 Å². The Hall–Kier alpha value is -3.00. The minimum Gasteiger partial charge on any atom is -0.207 e. The van der Waals surface area contributed by atoms with Gasteiger partial charge in [-0.25, -0.2) is 8.78 Å². The van der Waals surface area contributed by atoms with Gasteiger partial charge in [0, 0.05) is 10.9 Å². The maximum atomic E-state index is 15.1. The molecule has 0 aliphatic rings. The Morgan fingerprint density at radius 1 is 0.714 bits per heavy atom. The molecule has 2 heteroatoms. The Morgan fingerprint density at radius 2 is 1.50 bits per heavy atom. The van der Waals surface area contributed by atoms with E-state index < -0.39 is 0 Å². The van der Waals surface area contributed by atoms with Crippen LogP contribution in [0.1, 0.15) is 25.3 Å². The summed E-state index contributed by atoms with van der Waals surface area (Å²) in [4.78, 5) is 0. The van der Waals surface area contributed by atoms with Crippen LogP contribution < -0.4 is 0 Å². The van der Waals surface area contributed by atoms with Crippen LogP contribution in [-0.4, -0.2) is 0 Å². The Balaban J connectivity index is 1.69. The summed E-state index contributed by atoms with van der Waals surface area (Å²) in [5.41, 5.74) is 4.49. The molecule has 0 heterocycles.